The maximum absolute atomic E-state index is 10.4. The predicted octanol–water partition coefficient (Wildman–Crippen LogP) is 3.00. The van der Waals surface area contributed by atoms with Gasteiger partial charge in [-0.15, -0.1) is 11.3 Å². The Morgan fingerprint density at radius 3 is 3.00 bits per heavy atom. The minimum absolute atomic E-state index is 0.591. The lowest BCUT2D eigenvalue weighted by atomic mass is 10.1. The normalized spacial score (nSPS) is 12.9. The average Bonchev–Trinajstić information content (AvgIpc) is 2.96. The Bertz CT molecular complexity index is 475. The lowest BCUT2D eigenvalue weighted by molar-refractivity contribution is 0.207. The third-order valence-corrected chi connectivity index (χ3v) is 3.88. The van der Waals surface area contributed by atoms with Crippen molar-refractivity contribution in [1.29, 1.82) is 0 Å². The second-order valence-electron chi connectivity index (χ2n) is 4.05. The lowest BCUT2D eigenvalue weighted by Crippen LogP contribution is -2.09. The van der Waals surface area contributed by atoms with E-state index in [9.17, 15) is 5.11 Å². The molecule has 0 aromatic carbocycles. The van der Waals surface area contributed by atoms with Gasteiger partial charge in [0.25, 0.3) is 0 Å². The summed E-state index contributed by atoms with van der Waals surface area (Å²) in [6, 6.07) is 2.08. The van der Waals surface area contributed by atoms with E-state index >= 15 is 0 Å². The number of rotatable bonds is 5. The molecule has 0 saturated heterocycles. The summed E-state index contributed by atoms with van der Waals surface area (Å²) < 4.78 is 2.03. The fourth-order valence-corrected chi connectivity index (χ4v) is 2.97. The van der Waals surface area contributed by atoms with Crippen LogP contribution in [0.4, 0.5) is 0 Å². The van der Waals surface area contributed by atoms with E-state index in [4.69, 9.17) is 0 Å². The Morgan fingerprint density at radius 1 is 1.47 bits per heavy atom. The average molecular weight is 250 g/mol. The van der Waals surface area contributed by atoms with E-state index in [2.05, 4.69) is 24.9 Å². The smallest absolute Gasteiger partial charge is 0.146 e. The molecule has 0 saturated carbocycles. The monoisotopic (exact) mass is 250 g/mol. The van der Waals surface area contributed by atoms with E-state index in [-0.39, 0.29) is 0 Å². The molecule has 2 aromatic heterocycles. The van der Waals surface area contributed by atoms with Crippen LogP contribution in [-0.4, -0.2) is 14.7 Å². The molecule has 0 aliphatic rings. The van der Waals surface area contributed by atoms with Crippen molar-refractivity contribution in [3.63, 3.8) is 0 Å². The molecule has 0 spiro atoms. The fraction of sp³-hybridized carbons (Fsp3) is 0.462. The zero-order valence-electron chi connectivity index (χ0n) is 10.3. The molecular formula is C13H18N2OS. The Balaban J connectivity index is 2.30. The molecule has 0 fully saturated rings. The minimum atomic E-state index is -0.591. The molecule has 3 nitrogen and oxygen atoms in total. The molecule has 0 bridgehead atoms. The first kappa shape index (κ1) is 12.3. The number of aromatic nitrogens is 2. The molecule has 1 N–H and O–H groups in total. The van der Waals surface area contributed by atoms with Crippen LogP contribution < -0.4 is 0 Å². The number of aliphatic hydroxyl groups is 1. The van der Waals surface area contributed by atoms with Crippen LogP contribution in [0.1, 0.15) is 42.6 Å². The van der Waals surface area contributed by atoms with Crippen molar-refractivity contribution in [2.75, 3.05) is 0 Å². The Morgan fingerprint density at radius 2 is 2.29 bits per heavy atom. The van der Waals surface area contributed by atoms with E-state index < -0.39 is 6.10 Å². The molecule has 1 atom stereocenters. The first-order valence-electron chi connectivity index (χ1n) is 6.03. The Kier molecular flexibility index (Phi) is 3.97. The number of thiophene rings is 1. The minimum Gasteiger partial charge on any atom is -0.380 e. The highest BCUT2D eigenvalue weighted by Crippen LogP contribution is 2.29. The number of hydrogen-bond acceptors (Lipinski definition) is 3. The van der Waals surface area contributed by atoms with Crippen LogP contribution in [-0.2, 0) is 13.0 Å². The number of imidazole rings is 1. The molecule has 1 unspecified atom stereocenters. The van der Waals surface area contributed by atoms with E-state index in [1.807, 2.05) is 16.1 Å². The van der Waals surface area contributed by atoms with Gasteiger partial charge in [-0.3, -0.25) is 0 Å². The quantitative estimate of drug-likeness (QED) is 0.886. The molecule has 2 aromatic rings. The molecule has 0 radical (unpaired) electrons. The number of hydrogen-bond donors (Lipinski definition) is 1. The van der Waals surface area contributed by atoms with Gasteiger partial charge in [0.15, 0.2) is 0 Å². The van der Waals surface area contributed by atoms with Crippen molar-refractivity contribution in [3.05, 3.63) is 40.1 Å². The highest BCUT2D eigenvalue weighted by atomic mass is 32.1. The topological polar surface area (TPSA) is 38.0 Å². The maximum atomic E-state index is 10.4. The summed E-state index contributed by atoms with van der Waals surface area (Å²) >= 11 is 1.60. The van der Waals surface area contributed by atoms with E-state index in [0.29, 0.717) is 0 Å². The standard InChI is InChI=1S/C13H18N2OS/c1-3-7-15-8-6-14-13(15)11(16)12-10(4-2)5-9-17-12/h5-6,8-9,11,16H,3-4,7H2,1-2H3. The van der Waals surface area contributed by atoms with Gasteiger partial charge >= 0.3 is 0 Å². The molecule has 2 heterocycles. The lowest BCUT2D eigenvalue weighted by Gasteiger charge is -2.13. The van der Waals surface area contributed by atoms with Gasteiger partial charge in [0.05, 0.1) is 0 Å². The summed E-state index contributed by atoms with van der Waals surface area (Å²) in [4.78, 5) is 5.31. The van der Waals surface area contributed by atoms with Crippen molar-refractivity contribution in [3.8, 4) is 0 Å². The van der Waals surface area contributed by atoms with Crippen LogP contribution >= 0.6 is 11.3 Å². The van der Waals surface area contributed by atoms with Crippen LogP contribution in [0.5, 0.6) is 0 Å². The zero-order chi connectivity index (χ0) is 12.3. The summed E-state index contributed by atoms with van der Waals surface area (Å²) in [7, 11) is 0. The Labute approximate surface area is 106 Å². The zero-order valence-corrected chi connectivity index (χ0v) is 11.1. The van der Waals surface area contributed by atoms with Crippen molar-refractivity contribution in [1.82, 2.24) is 9.55 Å². The molecule has 0 aliphatic heterocycles. The third kappa shape index (κ3) is 2.42. The van der Waals surface area contributed by atoms with E-state index in [1.54, 1.807) is 17.5 Å². The van der Waals surface area contributed by atoms with Crippen molar-refractivity contribution in [2.45, 2.75) is 39.3 Å². The van der Waals surface area contributed by atoms with Gasteiger partial charge in [-0.2, -0.15) is 0 Å². The molecular weight excluding hydrogens is 232 g/mol. The maximum Gasteiger partial charge on any atom is 0.146 e. The number of aryl methyl sites for hydroxylation is 2. The highest BCUT2D eigenvalue weighted by molar-refractivity contribution is 7.10. The van der Waals surface area contributed by atoms with Crippen LogP contribution in [0.2, 0.25) is 0 Å². The van der Waals surface area contributed by atoms with E-state index in [0.717, 1.165) is 30.1 Å². The van der Waals surface area contributed by atoms with Crippen LogP contribution in [0.15, 0.2) is 23.8 Å². The Hall–Kier alpha value is -1.13. The van der Waals surface area contributed by atoms with Crippen molar-refractivity contribution >= 4 is 11.3 Å². The molecule has 92 valence electrons. The summed E-state index contributed by atoms with van der Waals surface area (Å²) in [5.74, 6) is 0.754. The van der Waals surface area contributed by atoms with Crippen LogP contribution in [0.3, 0.4) is 0 Å². The van der Waals surface area contributed by atoms with Crippen molar-refractivity contribution < 1.29 is 5.11 Å². The SMILES string of the molecule is CCCn1ccnc1C(O)c1sccc1CC. The summed E-state index contributed by atoms with van der Waals surface area (Å²) in [6.45, 7) is 5.13. The molecule has 0 aliphatic carbocycles. The number of nitrogens with zero attached hydrogens (tertiary/aromatic N) is 2. The van der Waals surface area contributed by atoms with Crippen LogP contribution in [0.25, 0.3) is 0 Å². The largest absolute Gasteiger partial charge is 0.380 e. The van der Waals surface area contributed by atoms with Crippen molar-refractivity contribution in [2.24, 2.45) is 0 Å². The molecule has 2 rings (SSSR count). The predicted molar refractivity (Wildman–Crippen MR) is 70.3 cm³/mol. The summed E-state index contributed by atoms with van der Waals surface area (Å²) in [5.41, 5.74) is 1.22. The van der Waals surface area contributed by atoms with E-state index in [1.165, 1.54) is 5.56 Å². The van der Waals surface area contributed by atoms with Crippen LogP contribution in [0, 0.1) is 0 Å². The third-order valence-electron chi connectivity index (χ3n) is 2.87. The molecule has 4 heteroatoms. The van der Waals surface area contributed by atoms with Gasteiger partial charge in [0.1, 0.15) is 11.9 Å². The van der Waals surface area contributed by atoms with Gasteiger partial charge in [0, 0.05) is 23.8 Å². The van der Waals surface area contributed by atoms with Gasteiger partial charge in [-0.05, 0) is 29.9 Å². The molecule has 0 amide bonds. The van der Waals surface area contributed by atoms with Gasteiger partial charge < -0.3 is 9.67 Å². The first-order valence-corrected chi connectivity index (χ1v) is 6.91. The van der Waals surface area contributed by atoms with Gasteiger partial charge in [-0.25, -0.2) is 4.98 Å². The second kappa shape index (κ2) is 5.47. The summed E-state index contributed by atoms with van der Waals surface area (Å²) in [6.07, 6.45) is 5.09. The first-order chi connectivity index (χ1) is 8.27. The highest BCUT2D eigenvalue weighted by Gasteiger charge is 2.19. The van der Waals surface area contributed by atoms with Gasteiger partial charge in [0.2, 0.25) is 0 Å². The second-order valence-corrected chi connectivity index (χ2v) is 4.99. The number of aliphatic hydroxyl groups excluding tert-OH is 1. The molecule has 17 heavy (non-hydrogen) atoms. The van der Waals surface area contributed by atoms with Gasteiger partial charge in [-0.1, -0.05) is 13.8 Å². The summed E-state index contributed by atoms with van der Waals surface area (Å²) in [5, 5.41) is 12.4. The fourth-order valence-electron chi connectivity index (χ4n) is 2.00.